The zero-order chi connectivity index (χ0) is 13.0. The Morgan fingerprint density at radius 2 is 2.18 bits per heavy atom. The van der Waals surface area contributed by atoms with Crippen LogP contribution in [0, 0.1) is 5.92 Å². The molecule has 0 aliphatic heterocycles. The first-order valence-corrected chi connectivity index (χ1v) is 6.21. The van der Waals surface area contributed by atoms with Crippen molar-refractivity contribution in [2.75, 3.05) is 13.7 Å². The molecule has 0 saturated heterocycles. The molecular weight excluding hydrogens is 220 g/mol. The number of hydrogen-bond acceptors (Lipinski definition) is 4. The minimum absolute atomic E-state index is 0.00977. The van der Waals surface area contributed by atoms with E-state index in [0.717, 1.165) is 6.42 Å². The number of carbonyl (C=O) groups excluding carboxylic acids is 1. The zero-order valence-corrected chi connectivity index (χ0v) is 11.1. The molecule has 4 atom stereocenters. The van der Waals surface area contributed by atoms with Crippen molar-refractivity contribution in [2.45, 2.75) is 51.5 Å². The van der Waals surface area contributed by atoms with Crippen molar-refractivity contribution in [1.29, 1.82) is 0 Å². The average molecular weight is 244 g/mol. The van der Waals surface area contributed by atoms with E-state index in [1.807, 2.05) is 20.8 Å². The second-order valence-corrected chi connectivity index (χ2v) is 4.83. The first kappa shape index (κ1) is 14.4. The third-order valence-corrected chi connectivity index (χ3v) is 3.27. The van der Waals surface area contributed by atoms with Crippen molar-refractivity contribution in [1.82, 2.24) is 5.32 Å². The van der Waals surface area contributed by atoms with E-state index in [9.17, 15) is 4.79 Å². The van der Waals surface area contributed by atoms with Crippen LogP contribution in [0.5, 0.6) is 0 Å². The van der Waals surface area contributed by atoms with Crippen LogP contribution in [0.25, 0.3) is 0 Å². The van der Waals surface area contributed by atoms with Crippen LogP contribution in [-0.4, -0.2) is 43.9 Å². The largest absolute Gasteiger partial charge is 0.377 e. The highest BCUT2D eigenvalue weighted by atomic mass is 16.5. The highest BCUT2D eigenvalue weighted by molar-refractivity contribution is 5.80. The smallest absolute Gasteiger partial charge is 0.234 e. The fourth-order valence-corrected chi connectivity index (χ4v) is 2.27. The van der Waals surface area contributed by atoms with Crippen LogP contribution in [0.1, 0.15) is 27.2 Å². The zero-order valence-electron chi connectivity index (χ0n) is 11.1. The van der Waals surface area contributed by atoms with E-state index in [-0.39, 0.29) is 36.1 Å². The number of nitrogens with two attached hydrogens (primary N) is 1. The van der Waals surface area contributed by atoms with Crippen LogP contribution >= 0.6 is 0 Å². The molecule has 1 amide bonds. The van der Waals surface area contributed by atoms with Gasteiger partial charge in [-0.2, -0.15) is 0 Å². The van der Waals surface area contributed by atoms with Gasteiger partial charge >= 0.3 is 0 Å². The normalized spacial score (nSPS) is 30.1. The molecule has 5 heteroatoms. The fourth-order valence-electron chi connectivity index (χ4n) is 2.27. The van der Waals surface area contributed by atoms with Crippen molar-refractivity contribution in [2.24, 2.45) is 11.7 Å². The van der Waals surface area contributed by atoms with Gasteiger partial charge in [-0.05, 0) is 19.3 Å². The minimum atomic E-state index is -0.310. The Morgan fingerprint density at radius 3 is 2.59 bits per heavy atom. The molecule has 3 N–H and O–H groups in total. The molecule has 1 aliphatic carbocycles. The molecule has 0 heterocycles. The molecule has 0 aromatic rings. The van der Waals surface area contributed by atoms with Crippen LogP contribution in [0.4, 0.5) is 0 Å². The quantitative estimate of drug-likeness (QED) is 0.674. The molecule has 4 unspecified atom stereocenters. The van der Waals surface area contributed by atoms with Gasteiger partial charge in [-0.1, -0.05) is 13.8 Å². The summed E-state index contributed by atoms with van der Waals surface area (Å²) in [5.41, 5.74) is 5.37. The van der Waals surface area contributed by atoms with E-state index < -0.39 is 0 Å². The summed E-state index contributed by atoms with van der Waals surface area (Å²) in [6, 6.07) is -0.156. The van der Waals surface area contributed by atoms with Gasteiger partial charge < -0.3 is 20.5 Å². The summed E-state index contributed by atoms with van der Waals surface area (Å²) in [6.45, 7) is 6.60. The Morgan fingerprint density at radius 1 is 1.53 bits per heavy atom. The topological polar surface area (TPSA) is 73.6 Å². The van der Waals surface area contributed by atoms with Crippen LogP contribution in [0.3, 0.4) is 0 Å². The Balaban J connectivity index is 2.49. The van der Waals surface area contributed by atoms with Crippen LogP contribution < -0.4 is 11.1 Å². The number of hydrogen-bond donors (Lipinski definition) is 2. The molecule has 0 bridgehead atoms. The molecule has 0 spiro atoms. The van der Waals surface area contributed by atoms with Gasteiger partial charge in [-0.25, -0.2) is 0 Å². The van der Waals surface area contributed by atoms with Crippen molar-refractivity contribution >= 4 is 5.91 Å². The molecule has 1 aliphatic rings. The van der Waals surface area contributed by atoms with E-state index >= 15 is 0 Å². The van der Waals surface area contributed by atoms with Gasteiger partial charge in [0.05, 0.1) is 18.2 Å². The van der Waals surface area contributed by atoms with Gasteiger partial charge in [0.2, 0.25) is 5.91 Å². The maximum absolute atomic E-state index is 11.3. The second-order valence-electron chi connectivity index (χ2n) is 4.83. The molecule has 100 valence electrons. The molecular formula is C12H24N2O3. The number of primary amides is 1. The SMILES string of the molecule is CCOC1CC(NC(C(N)=O)C(C)C)C1OC. The molecule has 0 radical (unpaired) electrons. The third kappa shape index (κ3) is 3.40. The van der Waals surface area contributed by atoms with Crippen LogP contribution in [0.2, 0.25) is 0 Å². The summed E-state index contributed by atoms with van der Waals surface area (Å²) in [5, 5.41) is 3.26. The van der Waals surface area contributed by atoms with Crippen LogP contribution in [-0.2, 0) is 14.3 Å². The summed E-state index contributed by atoms with van der Waals surface area (Å²) in [6.07, 6.45) is 1.00. The van der Waals surface area contributed by atoms with Crippen molar-refractivity contribution in [3.05, 3.63) is 0 Å². The van der Waals surface area contributed by atoms with Gasteiger partial charge in [0, 0.05) is 19.8 Å². The summed E-state index contributed by atoms with van der Waals surface area (Å²) in [7, 11) is 1.67. The van der Waals surface area contributed by atoms with Crippen molar-refractivity contribution in [3.8, 4) is 0 Å². The molecule has 0 aromatic heterocycles. The van der Waals surface area contributed by atoms with E-state index in [0.29, 0.717) is 6.61 Å². The highest BCUT2D eigenvalue weighted by Crippen LogP contribution is 2.27. The lowest BCUT2D eigenvalue weighted by atomic mass is 9.83. The van der Waals surface area contributed by atoms with Crippen LogP contribution in [0.15, 0.2) is 0 Å². The molecule has 0 aromatic carbocycles. The van der Waals surface area contributed by atoms with E-state index in [1.54, 1.807) is 7.11 Å². The number of ether oxygens (including phenoxy) is 2. The van der Waals surface area contributed by atoms with E-state index in [4.69, 9.17) is 15.2 Å². The lowest BCUT2D eigenvalue weighted by molar-refractivity contribution is -0.138. The third-order valence-electron chi connectivity index (χ3n) is 3.27. The van der Waals surface area contributed by atoms with E-state index in [1.165, 1.54) is 0 Å². The van der Waals surface area contributed by atoms with E-state index in [2.05, 4.69) is 5.32 Å². The maximum Gasteiger partial charge on any atom is 0.234 e. The number of carbonyl (C=O) groups is 1. The Labute approximate surface area is 103 Å². The summed E-state index contributed by atoms with van der Waals surface area (Å²) >= 11 is 0. The lowest BCUT2D eigenvalue weighted by Crippen LogP contribution is -2.64. The number of rotatable bonds is 7. The molecule has 1 fully saturated rings. The maximum atomic E-state index is 11.3. The first-order valence-electron chi connectivity index (χ1n) is 6.21. The van der Waals surface area contributed by atoms with Gasteiger partial charge in [0.25, 0.3) is 0 Å². The second kappa shape index (κ2) is 6.33. The van der Waals surface area contributed by atoms with Gasteiger partial charge in [-0.3, -0.25) is 4.79 Å². The summed E-state index contributed by atoms with van der Waals surface area (Å²) in [5.74, 6) is -0.133. The van der Waals surface area contributed by atoms with Gasteiger partial charge in [-0.15, -0.1) is 0 Å². The Bertz CT molecular complexity index is 258. The predicted molar refractivity (Wildman–Crippen MR) is 65.6 cm³/mol. The number of nitrogens with one attached hydrogen (secondary N) is 1. The van der Waals surface area contributed by atoms with Gasteiger partial charge in [0.1, 0.15) is 0 Å². The molecule has 17 heavy (non-hydrogen) atoms. The average Bonchev–Trinajstić information content (AvgIpc) is 2.21. The summed E-state index contributed by atoms with van der Waals surface area (Å²) < 4.78 is 10.9. The summed E-state index contributed by atoms with van der Waals surface area (Å²) in [4.78, 5) is 11.3. The minimum Gasteiger partial charge on any atom is -0.377 e. The predicted octanol–water partition coefficient (Wildman–Crippen LogP) is 0.278. The monoisotopic (exact) mass is 244 g/mol. The fraction of sp³-hybridized carbons (Fsp3) is 0.917. The standard InChI is InChI=1S/C12H24N2O3/c1-5-17-9-6-8(11(9)16-4)14-10(7(2)3)12(13)15/h7-11,14H,5-6H2,1-4H3,(H2,13,15). The first-order chi connectivity index (χ1) is 8.01. The van der Waals surface area contributed by atoms with Gasteiger partial charge in [0.15, 0.2) is 0 Å². The Hall–Kier alpha value is -0.650. The lowest BCUT2D eigenvalue weighted by Gasteiger charge is -2.45. The van der Waals surface area contributed by atoms with Crippen molar-refractivity contribution in [3.63, 3.8) is 0 Å². The molecule has 1 rings (SSSR count). The number of amides is 1. The molecule has 5 nitrogen and oxygen atoms in total. The Kier molecular flexibility index (Phi) is 5.36. The van der Waals surface area contributed by atoms with Crippen molar-refractivity contribution < 1.29 is 14.3 Å². The highest BCUT2D eigenvalue weighted by Gasteiger charge is 2.43. The molecule has 1 saturated carbocycles. The number of methoxy groups -OCH3 is 1.